The fourth-order valence-electron chi connectivity index (χ4n) is 1.65. The van der Waals surface area contributed by atoms with Gasteiger partial charge in [-0.05, 0) is 13.8 Å². The molecule has 1 rings (SSSR count). The highest BCUT2D eigenvalue weighted by molar-refractivity contribution is 5.49. The van der Waals surface area contributed by atoms with Crippen molar-refractivity contribution in [3.05, 3.63) is 11.3 Å². The van der Waals surface area contributed by atoms with E-state index in [9.17, 15) is 5.11 Å². The van der Waals surface area contributed by atoms with Crippen LogP contribution in [0.3, 0.4) is 0 Å². The molecule has 5 heteroatoms. The Kier molecular flexibility index (Phi) is 3.71. The van der Waals surface area contributed by atoms with E-state index in [1.54, 1.807) is 4.68 Å². The second kappa shape index (κ2) is 4.63. The lowest BCUT2D eigenvalue weighted by atomic mass is 10.2. The van der Waals surface area contributed by atoms with Gasteiger partial charge in [-0.3, -0.25) is 4.68 Å². The molecule has 1 aromatic rings. The van der Waals surface area contributed by atoms with E-state index in [2.05, 4.69) is 5.10 Å². The van der Waals surface area contributed by atoms with Crippen molar-refractivity contribution in [1.29, 1.82) is 0 Å². The van der Waals surface area contributed by atoms with Crippen LogP contribution in [0.15, 0.2) is 0 Å². The van der Waals surface area contributed by atoms with Gasteiger partial charge in [-0.25, -0.2) is 0 Å². The molecule has 1 heterocycles. The largest absolute Gasteiger partial charge is 0.394 e. The molecular weight excluding hydrogens is 194 g/mol. The topological polar surface area (TPSA) is 61.5 Å². The lowest BCUT2D eigenvalue weighted by Crippen LogP contribution is -2.33. The Morgan fingerprint density at radius 2 is 2.07 bits per heavy atom. The van der Waals surface area contributed by atoms with Crippen LogP contribution in [0.5, 0.6) is 0 Å². The summed E-state index contributed by atoms with van der Waals surface area (Å²) in [5.74, 6) is 0.858. The van der Waals surface area contributed by atoms with Gasteiger partial charge in [0.25, 0.3) is 0 Å². The summed E-state index contributed by atoms with van der Waals surface area (Å²) in [6.07, 6.45) is 0. The number of aliphatic hydroxyl groups excluding tert-OH is 2. The molecule has 0 spiro atoms. The normalized spacial score (nSPS) is 12.9. The lowest BCUT2D eigenvalue weighted by Gasteiger charge is -2.26. The zero-order chi connectivity index (χ0) is 11.6. The Balaban J connectivity index is 3.11. The molecular formula is C10H19N3O2. The summed E-state index contributed by atoms with van der Waals surface area (Å²) in [5.41, 5.74) is 1.65. The van der Waals surface area contributed by atoms with E-state index in [4.69, 9.17) is 5.11 Å². The van der Waals surface area contributed by atoms with Gasteiger partial charge in [0.05, 0.1) is 24.9 Å². The van der Waals surface area contributed by atoms with Crippen LogP contribution in [0.25, 0.3) is 0 Å². The molecule has 0 saturated carbocycles. The number of anilines is 1. The fraction of sp³-hybridized carbons (Fsp3) is 0.700. The summed E-state index contributed by atoms with van der Waals surface area (Å²) in [6.45, 7) is 3.83. The van der Waals surface area contributed by atoms with Crippen molar-refractivity contribution in [2.24, 2.45) is 7.05 Å². The average Bonchev–Trinajstić information content (AvgIpc) is 2.50. The fourth-order valence-corrected chi connectivity index (χ4v) is 1.65. The van der Waals surface area contributed by atoms with Crippen LogP contribution in [-0.2, 0) is 13.7 Å². The highest BCUT2D eigenvalue weighted by Gasteiger charge is 2.19. The first-order valence-corrected chi connectivity index (χ1v) is 5.00. The Labute approximate surface area is 89.9 Å². The van der Waals surface area contributed by atoms with Crippen molar-refractivity contribution >= 4 is 5.82 Å². The van der Waals surface area contributed by atoms with Crippen LogP contribution in [-0.4, -0.2) is 39.7 Å². The first-order chi connectivity index (χ1) is 7.02. The zero-order valence-corrected chi connectivity index (χ0v) is 9.73. The summed E-state index contributed by atoms with van der Waals surface area (Å²) in [6, 6.07) is 0.00472. The van der Waals surface area contributed by atoms with E-state index in [1.165, 1.54) is 0 Å². The maximum absolute atomic E-state index is 9.27. The van der Waals surface area contributed by atoms with Crippen LogP contribution < -0.4 is 4.90 Å². The average molecular weight is 213 g/mol. The van der Waals surface area contributed by atoms with Gasteiger partial charge in [0.1, 0.15) is 5.82 Å². The minimum Gasteiger partial charge on any atom is -0.394 e. The van der Waals surface area contributed by atoms with Crippen molar-refractivity contribution in [2.45, 2.75) is 26.5 Å². The summed E-state index contributed by atoms with van der Waals surface area (Å²) in [4.78, 5) is 1.92. The second-order valence-corrected chi connectivity index (χ2v) is 3.81. The van der Waals surface area contributed by atoms with Crippen molar-refractivity contribution in [3.8, 4) is 0 Å². The van der Waals surface area contributed by atoms with Crippen molar-refractivity contribution in [1.82, 2.24) is 9.78 Å². The number of aromatic nitrogens is 2. The molecule has 0 bridgehead atoms. The van der Waals surface area contributed by atoms with Gasteiger partial charge in [0.15, 0.2) is 0 Å². The first-order valence-electron chi connectivity index (χ1n) is 5.00. The molecule has 1 unspecified atom stereocenters. The third-order valence-corrected chi connectivity index (χ3v) is 2.73. The molecule has 0 saturated heterocycles. The summed E-state index contributed by atoms with van der Waals surface area (Å²) in [7, 11) is 3.72. The van der Waals surface area contributed by atoms with E-state index in [-0.39, 0.29) is 19.3 Å². The van der Waals surface area contributed by atoms with Crippen LogP contribution in [0.4, 0.5) is 5.82 Å². The molecule has 0 aromatic carbocycles. The Hall–Kier alpha value is -1.07. The van der Waals surface area contributed by atoms with Crippen molar-refractivity contribution in [2.75, 3.05) is 18.6 Å². The van der Waals surface area contributed by atoms with Crippen LogP contribution in [0, 0.1) is 6.92 Å². The number of nitrogens with zero attached hydrogens (tertiary/aromatic N) is 3. The number of rotatable bonds is 4. The Morgan fingerprint density at radius 3 is 2.53 bits per heavy atom. The maximum Gasteiger partial charge on any atom is 0.132 e. The SMILES string of the molecule is Cc1nn(C)c(N(C)C(C)CO)c1CO. The number of aryl methyl sites for hydroxylation is 2. The zero-order valence-electron chi connectivity index (χ0n) is 9.73. The first kappa shape index (κ1) is 12.0. The number of hydrogen-bond acceptors (Lipinski definition) is 4. The van der Waals surface area contributed by atoms with Gasteiger partial charge in [-0.15, -0.1) is 0 Å². The van der Waals surface area contributed by atoms with Gasteiger partial charge in [0.2, 0.25) is 0 Å². The molecule has 1 aromatic heterocycles. The highest BCUT2D eigenvalue weighted by atomic mass is 16.3. The molecule has 15 heavy (non-hydrogen) atoms. The van der Waals surface area contributed by atoms with E-state index in [1.807, 2.05) is 32.8 Å². The Bertz CT molecular complexity index is 336. The third kappa shape index (κ3) is 2.13. The van der Waals surface area contributed by atoms with Gasteiger partial charge >= 0.3 is 0 Å². The molecule has 0 radical (unpaired) electrons. The van der Waals surface area contributed by atoms with Crippen molar-refractivity contribution < 1.29 is 10.2 Å². The molecule has 0 aliphatic heterocycles. The molecule has 1 atom stereocenters. The molecule has 0 aliphatic rings. The monoisotopic (exact) mass is 213 g/mol. The molecule has 0 amide bonds. The summed E-state index contributed by atoms with van der Waals surface area (Å²) >= 11 is 0. The standard InChI is InChI=1S/C10H19N3O2/c1-7(5-14)12(3)10-9(6-15)8(2)11-13(10)4/h7,14-15H,5-6H2,1-4H3. The minimum atomic E-state index is -0.0303. The number of aliphatic hydroxyl groups is 2. The molecule has 0 aliphatic carbocycles. The van der Waals surface area contributed by atoms with E-state index >= 15 is 0 Å². The predicted octanol–water partition coefficient (Wildman–Crippen LogP) is 0.0378. The van der Waals surface area contributed by atoms with E-state index in [0.717, 1.165) is 17.1 Å². The van der Waals surface area contributed by atoms with Gasteiger partial charge in [0, 0.05) is 19.7 Å². The van der Waals surface area contributed by atoms with Gasteiger partial charge < -0.3 is 15.1 Å². The van der Waals surface area contributed by atoms with E-state index in [0.29, 0.717) is 0 Å². The number of hydrogen-bond donors (Lipinski definition) is 2. The van der Waals surface area contributed by atoms with Crippen molar-refractivity contribution in [3.63, 3.8) is 0 Å². The summed E-state index contributed by atoms with van der Waals surface area (Å²) < 4.78 is 1.73. The second-order valence-electron chi connectivity index (χ2n) is 3.81. The molecule has 86 valence electrons. The highest BCUT2D eigenvalue weighted by Crippen LogP contribution is 2.23. The summed E-state index contributed by atoms with van der Waals surface area (Å²) in [5, 5.41) is 22.6. The third-order valence-electron chi connectivity index (χ3n) is 2.73. The van der Waals surface area contributed by atoms with E-state index < -0.39 is 0 Å². The number of likely N-dealkylation sites (N-methyl/N-ethyl adjacent to an activating group) is 1. The lowest BCUT2D eigenvalue weighted by molar-refractivity contribution is 0.266. The Morgan fingerprint density at radius 1 is 1.47 bits per heavy atom. The predicted molar refractivity (Wildman–Crippen MR) is 58.8 cm³/mol. The van der Waals surface area contributed by atoms with Crippen LogP contribution in [0.2, 0.25) is 0 Å². The molecule has 0 fully saturated rings. The maximum atomic E-state index is 9.27. The molecule has 5 nitrogen and oxygen atoms in total. The van der Waals surface area contributed by atoms with Gasteiger partial charge in [-0.1, -0.05) is 0 Å². The van der Waals surface area contributed by atoms with Gasteiger partial charge in [-0.2, -0.15) is 5.10 Å². The minimum absolute atomic E-state index is 0.00472. The van der Waals surface area contributed by atoms with Crippen LogP contribution >= 0.6 is 0 Å². The quantitative estimate of drug-likeness (QED) is 0.741. The van der Waals surface area contributed by atoms with Crippen LogP contribution in [0.1, 0.15) is 18.2 Å². The smallest absolute Gasteiger partial charge is 0.132 e. The molecule has 2 N–H and O–H groups in total.